The number of rotatable bonds is 7. The van der Waals surface area contributed by atoms with Crippen molar-refractivity contribution in [2.75, 3.05) is 0 Å². The molecule has 0 aromatic rings. The van der Waals surface area contributed by atoms with Gasteiger partial charge in [-0.05, 0) is 25.7 Å². The first-order chi connectivity index (χ1) is 7.22. The van der Waals surface area contributed by atoms with Crippen molar-refractivity contribution in [2.24, 2.45) is 10.8 Å². The minimum Gasteiger partial charge on any atom is -0.287 e. The van der Waals surface area contributed by atoms with Gasteiger partial charge in [0.2, 0.25) is 0 Å². The van der Waals surface area contributed by atoms with Gasteiger partial charge in [0, 0.05) is 10.8 Å². The van der Waals surface area contributed by atoms with Gasteiger partial charge >= 0.3 is 0 Å². The third-order valence-corrected chi connectivity index (χ3v) is 4.90. The lowest BCUT2D eigenvalue weighted by Gasteiger charge is -2.30. The zero-order valence-corrected chi connectivity index (χ0v) is 12.3. The van der Waals surface area contributed by atoms with Gasteiger partial charge in [-0.15, -0.1) is 25.3 Å². The molecule has 0 rings (SSSR count). The molecular formula is C12H22O2S2. The van der Waals surface area contributed by atoms with E-state index in [1.807, 2.05) is 27.7 Å². The highest BCUT2D eigenvalue weighted by molar-refractivity contribution is 7.97. The van der Waals surface area contributed by atoms with Gasteiger partial charge in [-0.25, -0.2) is 0 Å². The fraction of sp³-hybridized carbons (Fsp3) is 0.833. The molecule has 0 aromatic heterocycles. The van der Waals surface area contributed by atoms with Crippen LogP contribution in [0.4, 0.5) is 0 Å². The lowest BCUT2D eigenvalue weighted by atomic mass is 9.75. The summed E-state index contributed by atoms with van der Waals surface area (Å²) < 4.78 is 0. The molecule has 0 fully saturated rings. The molecule has 94 valence electrons. The Kier molecular flexibility index (Phi) is 6.12. The van der Waals surface area contributed by atoms with Crippen LogP contribution in [0.1, 0.15) is 53.4 Å². The Hall–Kier alpha value is 0.0400. The molecule has 2 unspecified atom stereocenters. The van der Waals surface area contributed by atoms with Gasteiger partial charge < -0.3 is 0 Å². The van der Waals surface area contributed by atoms with E-state index in [2.05, 4.69) is 25.3 Å². The van der Waals surface area contributed by atoms with Crippen LogP contribution in [0.3, 0.4) is 0 Å². The average Bonchev–Trinajstić information content (AvgIpc) is 2.24. The van der Waals surface area contributed by atoms with Crippen molar-refractivity contribution in [2.45, 2.75) is 53.4 Å². The third-order valence-electron chi connectivity index (χ3n) is 3.82. The van der Waals surface area contributed by atoms with Crippen molar-refractivity contribution < 1.29 is 9.59 Å². The number of carbonyl (C=O) groups is 2. The zero-order valence-electron chi connectivity index (χ0n) is 10.5. The molecule has 0 bridgehead atoms. The molecule has 4 heteroatoms. The number of hydrogen-bond donors (Lipinski definition) is 2. The monoisotopic (exact) mass is 262 g/mol. The van der Waals surface area contributed by atoms with E-state index in [4.69, 9.17) is 0 Å². The Morgan fingerprint density at radius 1 is 0.875 bits per heavy atom. The summed E-state index contributed by atoms with van der Waals surface area (Å²) in [5.41, 5.74) is -0.856. The van der Waals surface area contributed by atoms with E-state index in [0.717, 1.165) is 12.8 Å². The minimum atomic E-state index is -0.428. The predicted molar refractivity (Wildman–Crippen MR) is 74.0 cm³/mol. The Labute approximate surface area is 109 Å². The highest BCUT2D eigenvalue weighted by atomic mass is 32.1. The van der Waals surface area contributed by atoms with Crippen LogP contribution in [0.5, 0.6) is 0 Å². The maximum Gasteiger partial charge on any atom is 0.191 e. The zero-order chi connectivity index (χ0) is 13.0. The van der Waals surface area contributed by atoms with Crippen LogP contribution in [0.25, 0.3) is 0 Å². The summed E-state index contributed by atoms with van der Waals surface area (Å²) in [5, 5.41) is -0.194. The van der Waals surface area contributed by atoms with Gasteiger partial charge in [0.25, 0.3) is 0 Å². The molecule has 0 saturated carbocycles. The SMILES string of the molecule is CCC(C)(CCC(C)(CC)C(=O)S)C(=O)S. The van der Waals surface area contributed by atoms with Crippen molar-refractivity contribution in [1.82, 2.24) is 0 Å². The van der Waals surface area contributed by atoms with Crippen LogP contribution in [0, 0.1) is 10.8 Å². The van der Waals surface area contributed by atoms with Crippen molar-refractivity contribution in [3.8, 4) is 0 Å². The molecule has 0 N–H and O–H groups in total. The van der Waals surface area contributed by atoms with Crippen LogP contribution < -0.4 is 0 Å². The Morgan fingerprint density at radius 3 is 1.25 bits per heavy atom. The maximum absolute atomic E-state index is 11.4. The van der Waals surface area contributed by atoms with Crippen molar-refractivity contribution in [3.63, 3.8) is 0 Å². The Balaban J connectivity index is 4.64. The molecule has 0 aliphatic heterocycles. The van der Waals surface area contributed by atoms with Gasteiger partial charge in [0.05, 0.1) is 0 Å². The second kappa shape index (κ2) is 6.10. The molecule has 0 heterocycles. The highest BCUT2D eigenvalue weighted by Crippen LogP contribution is 2.38. The second-order valence-corrected chi connectivity index (χ2v) is 5.75. The molecule has 0 saturated heterocycles. The van der Waals surface area contributed by atoms with E-state index in [1.54, 1.807) is 0 Å². The minimum absolute atomic E-state index is 0.0972. The van der Waals surface area contributed by atoms with Crippen molar-refractivity contribution >= 4 is 35.5 Å². The summed E-state index contributed by atoms with van der Waals surface area (Å²) in [7, 11) is 0. The van der Waals surface area contributed by atoms with Crippen LogP contribution in [-0.2, 0) is 9.59 Å². The summed E-state index contributed by atoms with van der Waals surface area (Å²) in [6.07, 6.45) is 2.86. The summed E-state index contributed by atoms with van der Waals surface area (Å²) >= 11 is 7.85. The van der Waals surface area contributed by atoms with E-state index in [-0.39, 0.29) is 10.2 Å². The molecule has 0 radical (unpaired) electrons. The highest BCUT2D eigenvalue weighted by Gasteiger charge is 2.35. The molecule has 0 aliphatic carbocycles. The summed E-state index contributed by atoms with van der Waals surface area (Å²) in [5.74, 6) is 0. The molecule has 2 atom stereocenters. The Morgan fingerprint density at radius 2 is 1.12 bits per heavy atom. The number of thiol groups is 2. The largest absolute Gasteiger partial charge is 0.287 e. The summed E-state index contributed by atoms with van der Waals surface area (Å²) in [6.45, 7) is 7.75. The van der Waals surface area contributed by atoms with Gasteiger partial charge in [0.1, 0.15) is 0 Å². The van der Waals surface area contributed by atoms with Gasteiger partial charge in [0.15, 0.2) is 10.2 Å². The van der Waals surface area contributed by atoms with Gasteiger partial charge in [-0.3, -0.25) is 9.59 Å². The standard InChI is InChI=1S/C12H22O2S2/c1-5-11(3,9(13)15)7-8-12(4,6-2)10(14)16/h5-8H2,1-4H3,(H,13,15)(H,14,16). The Bertz CT molecular complexity index is 250. The maximum atomic E-state index is 11.4. The van der Waals surface area contributed by atoms with Crippen molar-refractivity contribution in [1.29, 1.82) is 0 Å². The number of hydrogen-bond acceptors (Lipinski definition) is 2. The molecule has 16 heavy (non-hydrogen) atoms. The lowest BCUT2D eigenvalue weighted by Crippen LogP contribution is -2.29. The van der Waals surface area contributed by atoms with Crippen molar-refractivity contribution in [3.05, 3.63) is 0 Å². The predicted octanol–water partition coefficient (Wildman–Crippen LogP) is 3.51. The normalized spacial score (nSPS) is 18.6. The lowest BCUT2D eigenvalue weighted by molar-refractivity contribution is -0.122. The van der Waals surface area contributed by atoms with E-state index in [1.165, 1.54) is 0 Å². The van der Waals surface area contributed by atoms with Crippen LogP contribution in [0.2, 0.25) is 0 Å². The van der Waals surface area contributed by atoms with Gasteiger partial charge in [-0.2, -0.15) is 0 Å². The van der Waals surface area contributed by atoms with E-state index >= 15 is 0 Å². The molecular weight excluding hydrogens is 240 g/mol. The molecule has 2 nitrogen and oxygen atoms in total. The van der Waals surface area contributed by atoms with Gasteiger partial charge in [-0.1, -0.05) is 27.7 Å². The smallest absolute Gasteiger partial charge is 0.191 e. The molecule has 0 amide bonds. The van der Waals surface area contributed by atoms with E-state index in [9.17, 15) is 9.59 Å². The fourth-order valence-corrected chi connectivity index (χ4v) is 1.96. The first kappa shape index (κ1) is 16.0. The molecule has 0 aliphatic rings. The fourth-order valence-electron chi connectivity index (χ4n) is 1.42. The molecule has 0 aromatic carbocycles. The quantitative estimate of drug-likeness (QED) is 0.688. The first-order valence-electron chi connectivity index (χ1n) is 5.68. The van der Waals surface area contributed by atoms with E-state index < -0.39 is 10.8 Å². The van der Waals surface area contributed by atoms with E-state index in [0.29, 0.717) is 12.8 Å². The van der Waals surface area contributed by atoms with Crippen LogP contribution >= 0.6 is 25.3 Å². The molecule has 0 spiro atoms. The summed E-state index contributed by atoms with van der Waals surface area (Å²) in [6, 6.07) is 0. The second-order valence-electron chi connectivity index (χ2n) is 4.94. The number of carbonyl (C=O) groups excluding carboxylic acids is 2. The van der Waals surface area contributed by atoms with Crippen LogP contribution in [0.15, 0.2) is 0 Å². The summed E-state index contributed by atoms with van der Waals surface area (Å²) in [4.78, 5) is 22.9. The average molecular weight is 262 g/mol. The topological polar surface area (TPSA) is 34.1 Å². The van der Waals surface area contributed by atoms with Crippen LogP contribution in [-0.4, -0.2) is 10.2 Å². The third kappa shape index (κ3) is 3.81. The first-order valence-corrected chi connectivity index (χ1v) is 6.58.